The summed E-state index contributed by atoms with van der Waals surface area (Å²) in [6, 6.07) is 5.45. The van der Waals surface area contributed by atoms with Gasteiger partial charge in [-0.2, -0.15) is 0 Å². The first-order valence-corrected chi connectivity index (χ1v) is 14.4. The number of hydrogen-bond donors (Lipinski definition) is 5. The first kappa shape index (κ1) is 27.9. The number of guanidine groups is 1. The molecule has 4 saturated carbocycles. The van der Waals surface area contributed by atoms with Crippen LogP contribution >= 0.6 is 0 Å². The van der Waals surface area contributed by atoms with Gasteiger partial charge in [0, 0.05) is 37.0 Å². The van der Waals surface area contributed by atoms with Crippen LogP contribution in [-0.2, 0) is 20.7 Å². The molecule has 1 atom stereocenters. The molecule has 1 unspecified atom stereocenters. The van der Waals surface area contributed by atoms with Crippen molar-refractivity contribution in [2.45, 2.75) is 63.8 Å². The number of aliphatic carboxylic acids is 1. The molecule has 40 heavy (non-hydrogen) atoms. The second kappa shape index (κ2) is 12.3. The van der Waals surface area contributed by atoms with E-state index in [2.05, 4.69) is 26.3 Å². The number of benzene rings is 1. The van der Waals surface area contributed by atoms with E-state index in [1.54, 1.807) is 24.3 Å². The SMILES string of the molecule is O=C(CCc1ccc(C(=O)NCC(NC(=O)OCC23CC4CC(CC(C4)C2)C3)C(=O)O)cc1)NC1=NCCCN1. The topological polar surface area (TPSA) is 158 Å². The van der Waals surface area contributed by atoms with Gasteiger partial charge in [-0.25, -0.2) is 9.59 Å². The molecule has 4 fully saturated rings. The maximum atomic E-state index is 12.6. The minimum Gasteiger partial charge on any atom is -0.480 e. The molecule has 4 bridgehead atoms. The molecule has 11 heteroatoms. The number of alkyl carbamates (subject to hydrolysis) is 1. The van der Waals surface area contributed by atoms with Crippen LogP contribution < -0.4 is 21.3 Å². The molecule has 4 aliphatic carbocycles. The first-order valence-electron chi connectivity index (χ1n) is 14.4. The number of carbonyl (C=O) groups is 4. The van der Waals surface area contributed by atoms with Gasteiger partial charge in [0.15, 0.2) is 5.96 Å². The number of aryl methyl sites for hydroxylation is 1. The largest absolute Gasteiger partial charge is 0.480 e. The second-order valence-corrected chi connectivity index (χ2v) is 12.0. The van der Waals surface area contributed by atoms with Crippen molar-refractivity contribution < 1.29 is 29.0 Å². The molecular formula is C29H39N5O6. The number of ether oxygens (including phenoxy) is 1. The maximum absolute atomic E-state index is 12.6. The van der Waals surface area contributed by atoms with E-state index in [1.807, 2.05) is 0 Å². The lowest BCUT2D eigenvalue weighted by atomic mass is 9.50. The number of carboxylic acid groups (broad SMARTS) is 1. The molecule has 0 radical (unpaired) electrons. The fraction of sp³-hybridized carbons (Fsp3) is 0.621. The Bertz CT molecular complexity index is 1110. The van der Waals surface area contributed by atoms with Crippen LogP contribution in [0.15, 0.2) is 29.3 Å². The number of nitrogens with one attached hydrogen (secondary N) is 4. The number of aliphatic imine (C=N–C) groups is 1. The normalized spacial score (nSPS) is 27.1. The zero-order valence-electron chi connectivity index (χ0n) is 22.7. The molecule has 0 aromatic heterocycles. The van der Waals surface area contributed by atoms with E-state index in [0.717, 1.165) is 55.5 Å². The van der Waals surface area contributed by atoms with Crippen LogP contribution in [0.5, 0.6) is 0 Å². The summed E-state index contributed by atoms with van der Waals surface area (Å²) in [6.45, 7) is 1.53. The lowest BCUT2D eigenvalue weighted by molar-refractivity contribution is -0.139. The summed E-state index contributed by atoms with van der Waals surface area (Å²) in [5.41, 5.74) is 1.27. The Morgan fingerprint density at radius 1 is 1.05 bits per heavy atom. The molecule has 216 valence electrons. The van der Waals surface area contributed by atoms with Crippen molar-refractivity contribution >= 4 is 29.8 Å². The minimum atomic E-state index is -1.31. The second-order valence-electron chi connectivity index (χ2n) is 12.0. The van der Waals surface area contributed by atoms with Gasteiger partial charge in [-0.1, -0.05) is 12.1 Å². The predicted octanol–water partition coefficient (Wildman–Crippen LogP) is 2.21. The highest BCUT2D eigenvalue weighted by Gasteiger charge is 2.51. The van der Waals surface area contributed by atoms with E-state index in [0.29, 0.717) is 31.1 Å². The van der Waals surface area contributed by atoms with Crippen molar-refractivity contribution in [1.82, 2.24) is 21.3 Å². The standard InChI is InChI=1S/C29H39N5O6/c35-24(34-27-30-8-1-9-31-27)7-4-18-2-5-22(6-3-18)25(36)32-16-23(26(37)38)33-28(39)40-17-29-13-19-10-20(14-29)12-21(11-19)15-29/h2-3,5-6,19-21,23H,1,4,7-17H2,(H,32,36)(H,33,39)(H,37,38)(H2,30,31,34,35). The molecule has 1 aromatic rings. The van der Waals surface area contributed by atoms with Crippen molar-refractivity contribution in [2.75, 3.05) is 26.2 Å². The third kappa shape index (κ3) is 7.11. The molecule has 0 saturated heterocycles. The Morgan fingerprint density at radius 2 is 1.73 bits per heavy atom. The fourth-order valence-electron chi connectivity index (χ4n) is 7.26. The quantitative estimate of drug-likeness (QED) is 0.297. The molecule has 5 aliphatic rings. The van der Waals surface area contributed by atoms with Gasteiger partial charge in [0.2, 0.25) is 5.91 Å². The van der Waals surface area contributed by atoms with E-state index in [-0.39, 0.29) is 24.3 Å². The molecule has 3 amide bonds. The van der Waals surface area contributed by atoms with Crippen LogP contribution in [0.2, 0.25) is 0 Å². The van der Waals surface area contributed by atoms with Crippen molar-refractivity contribution in [2.24, 2.45) is 28.2 Å². The zero-order chi connectivity index (χ0) is 28.1. The summed E-state index contributed by atoms with van der Waals surface area (Å²) >= 11 is 0. The zero-order valence-corrected chi connectivity index (χ0v) is 22.7. The average molecular weight is 554 g/mol. The molecule has 6 rings (SSSR count). The number of rotatable bonds is 10. The molecule has 1 aliphatic heterocycles. The predicted molar refractivity (Wildman–Crippen MR) is 147 cm³/mol. The average Bonchev–Trinajstić information content (AvgIpc) is 2.93. The number of carboxylic acids is 1. The van der Waals surface area contributed by atoms with E-state index in [1.165, 1.54) is 19.3 Å². The summed E-state index contributed by atoms with van der Waals surface area (Å²) < 4.78 is 5.53. The van der Waals surface area contributed by atoms with Gasteiger partial charge in [0.05, 0.1) is 6.61 Å². The highest BCUT2D eigenvalue weighted by molar-refractivity contribution is 5.97. The highest BCUT2D eigenvalue weighted by Crippen LogP contribution is 2.60. The molecule has 5 N–H and O–H groups in total. The van der Waals surface area contributed by atoms with Gasteiger partial charge in [0.25, 0.3) is 5.91 Å². The molecule has 11 nitrogen and oxygen atoms in total. The van der Waals surface area contributed by atoms with E-state index in [4.69, 9.17) is 4.74 Å². The number of nitrogens with zero attached hydrogens (tertiary/aromatic N) is 1. The van der Waals surface area contributed by atoms with Gasteiger partial charge in [0.1, 0.15) is 6.04 Å². The Hall–Kier alpha value is -3.63. The summed E-state index contributed by atoms with van der Waals surface area (Å²) in [5, 5.41) is 20.4. The van der Waals surface area contributed by atoms with Gasteiger partial charge in [-0.3, -0.25) is 19.9 Å². The number of carbonyl (C=O) groups excluding carboxylic acids is 3. The lowest BCUT2D eigenvalue weighted by Gasteiger charge is -2.56. The highest BCUT2D eigenvalue weighted by atomic mass is 16.5. The summed E-state index contributed by atoms with van der Waals surface area (Å²) in [4.78, 5) is 53.2. The fourth-order valence-corrected chi connectivity index (χ4v) is 7.26. The van der Waals surface area contributed by atoms with Crippen LogP contribution in [0.3, 0.4) is 0 Å². The minimum absolute atomic E-state index is 0.0381. The van der Waals surface area contributed by atoms with Gasteiger partial charge < -0.3 is 25.8 Å². The first-order chi connectivity index (χ1) is 19.3. The van der Waals surface area contributed by atoms with Crippen LogP contribution in [-0.4, -0.2) is 67.2 Å². The van der Waals surface area contributed by atoms with Gasteiger partial charge in [-0.05, 0) is 86.8 Å². The molecule has 1 aromatic carbocycles. The molecule has 1 heterocycles. The monoisotopic (exact) mass is 553 g/mol. The Labute approximate surface area is 233 Å². The summed E-state index contributed by atoms with van der Waals surface area (Å²) in [7, 11) is 0. The Kier molecular flexibility index (Phi) is 8.56. The number of amides is 3. The number of hydrogen-bond acceptors (Lipinski definition) is 7. The lowest BCUT2D eigenvalue weighted by Crippen LogP contribution is -2.51. The van der Waals surface area contributed by atoms with E-state index in [9.17, 15) is 24.3 Å². The van der Waals surface area contributed by atoms with E-state index < -0.39 is 24.0 Å². The smallest absolute Gasteiger partial charge is 0.407 e. The van der Waals surface area contributed by atoms with Crippen LogP contribution in [0.4, 0.5) is 4.79 Å². The summed E-state index contributed by atoms with van der Waals surface area (Å²) in [6.07, 6.45) is 8.09. The van der Waals surface area contributed by atoms with Gasteiger partial charge in [-0.15, -0.1) is 0 Å². The molecule has 0 spiro atoms. The third-order valence-corrected chi connectivity index (χ3v) is 8.74. The van der Waals surface area contributed by atoms with Crippen LogP contribution in [0.25, 0.3) is 0 Å². The van der Waals surface area contributed by atoms with Crippen LogP contribution in [0, 0.1) is 23.2 Å². The maximum Gasteiger partial charge on any atom is 0.407 e. The third-order valence-electron chi connectivity index (χ3n) is 8.74. The van der Waals surface area contributed by atoms with Gasteiger partial charge >= 0.3 is 12.1 Å². The Morgan fingerprint density at radius 3 is 2.33 bits per heavy atom. The molecular weight excluding hydrogens is 514 g/mol. The van der Waals surface area contributed by atoms with Crippen molar-refractivity contribution in [1.29, 1.82) is 0 Å². The van der Waals surface area contributed by atoms with Crippen molar-refractivity contribution in [3.05, 3.63) is 35.4 Å². The van der Waals surface area contributed by atoms with Crippen LogP contribution in [0.1, 0.15) is 67.3 Å². The Balaban J connectivity index is 1.04. The van der Waals surface area contributed by atoms with E-state index >= 15 is 0 Å². The van der Waals surface area contributed by atoms with Crippen molar-refractivity contribution in [3.63, 3.8) is 0 Å². The van der Waals surface area contributed by atoms with Crippen molar-refractivity contribution in [3.8, 4) is 0 Å². The summed E-state index contributed by atoms with van der Waals surface area (Å²) in [5.74, 6) is 0.843.